The maximum atomic E-state index is 4.46. The Morgan fingerprint density at radius 1 is 1.30 bits per heavy atom. The van der Waals surface area contributed by atoms with Gasteiger partial charge >= 0.3 is 0 Å². The summed E-state index contributed by atoms with van der Waals surface area (Å²) in [7, 11) is 0. The molecule has 0 aliphatic carbocycles. The first-order chi connectivity index (χ1) is 9.58. The molecule has 1 aromatic heterocycles. The van der Waals surface area contributed by atoms with Crippen LogP contribution >= 0.6 is 15.9 Å². The van der Waals surface area contributed by atoms with Gasteiger partial charge in [-0.2, -0.15) is 4.98 Å². The Labute approximate surface area is 128 Å². The van der Waals surface area contributed by atoms with Crippen LogP contribution in [0.15, 0.2) is 34.9 Å². The van der Waals surface area contributed by atoms with Crippen LogP contribution in [0.1, 0.15) is 25.8 Å². The van der Waals surface area contributed by atoms with Crippen LogP contribution in [-0.2, 0) is 0 Å². The summed E-state index contributed by atoms with van der Waals surface area (Å²) < 4.78 is 1.07. The van der Waals surface area contributed by atoms with E-state index in [2.05, 4.69) is 57.3 Å². The Morgan fingerprint density at radius 2 is 2.10 bits per heavy atom. The van der Waals surface area contributed by atoms with Crippen molar-refractivity contribution in [2.45, 2.75) is 33.2 Å². The van der Waals surface area contributed by atoms with Gasteiger partial charge in [-0.1, -0.05) is 28.9 Å². The first-order valence-corrected chi connectivity index (χ1v) is 7.50. The summed E-state index contributed by atoms with van der Waals surface area (Å²) in [6.07, 6.45) is 2.81. The van der Waals surface area contributed by atoms with Gasteiger partial charge in [0.25, 0.3) is 0 Å². The first-order valence-electron chi connectivity index (χ1n) is 6.71. The van der Waals surface area contributed by atoms with Crippen molar-refractivity contribution in [3.8, 4) is 0 Å². The quantitative estimate of drug-likeness (QED) is 0.845. The number of hydrogen-bond donors (Lipinski definition) is 2. The van der Waals surface area contributed by atoms with E-state index in [1.807, 2.05) is 24.3 Å². The lowest BCUT2D eigenvalue weighted by molar-refractivity contribution is 0.758. The number of nitrogens with zero attached hydrogens (tertiary/aromatic N) is 2. The molecule has 1 atom stereocenters. The van der Waals surface area contributed by atoms with E-state index in [1.165, 1.54) is 5.56 Å². The second kappa shape index (κ2) is 6.70. The number of aryl methyl sites for hydroxylation is 1. The number of halogens is 1. The molecular formula is C15H19BrN4. The predicted molar refractivity (Wildman–Crippen MR) is 87.6 cm³/mol. The maximum Gasteiger partial charge on any atom is 0.229 e. The van der Waals surface area contributed by atoms with E-state index in [4.69, 9.17) is 0 Å². The molecule has 0 aliphatic rings. The van der Waals surface area contributed by atoms with Gasteiger partial charge in [-0.25, -0.2) is 4.98 Å². The molecule has 0 amide bonds. The minimum Gasteiger partial charge on any atom is -0.367 e. The largest absolute Gasteiger partial charge is 0.367 e. The number of benzene rings is 1. The van der Waals surface area contributed by atoms with Crippen LogP contribution in [0.4, 0.5) is 17.5 Å². The van der Waals surface area contributed by atoms with Gasteiger partial charge < -0.3 is 10.6 Å². The van der Waals surface area contributed by atoms with Gasteiger partial charge in [0, 0.05) is 22.4 Å². The van der Waals surface area contributed by atoms with E-state index < -0.39 is 0 Å². The molecule has 0 saturated heterocycles. The number of aromatic nitrogens is 2. The minimum absolute atomic E-state index is 0.395. The van der Waals surface area contributed by atoms with E-state index in [9.17, 15) is 0 Å². The second-order valence-corrected chi connectivity index (χ2v) is 5.66. The highest BCUT2D eigenvalue weighted by Crippen LogP contribution is 2.22. The monoisotopic (exact) mass is 334 g/mol. The Bertz CT molecular complexity index is 586. The van der Waals surface area contributed by atoms with E-state index in [-0.39, 0.29) is 0 Å². The Morgan fingerprint density at radius 3 is 2.80 bits per heavy atom. The third-order valence-electron chi connectivity index (χ3n) is 3.09. The summed E-state index contributed by atoms with van der Waals surface area (Å²) in [5, 5.41) is 6.55. The van der Waals surface area contributed by atoms with Gasteiger partial charge in [0.15, 0.2) is 0 Å². The van der Waals surface area contributed by atoms with Gasteiger partial charge in [-0.05, 0) is 44.0 Å². The lowest BCUT2D eigenvalue weighted by Gasteiger charge is -2.13. The van der Waals surface area contributed by atoms with Crippen molar-refractivity contribution in [3.05, 3.63) is 40.5 Å². The van der Waals surface area contributed by atoms with E-state index >= 15 is 0 Å². The fraction of sp³-hybridized carbons (Fsp3) is 0.333. The molecule has 2 rings (SSSR count). The average Bonchev–Trinajstić information content (AvgIpc) is 2.43. The topological polar surface area (TPSA) is 49.8 Å². The van der Waals surface area contributed by atoms with E-state index in [0.717, 1.165) is 22.4 Å². The lowest BCUT2D eigenvalue weighted by Crippen LogP contribution is -2.14. The molecule has 1 aromatic carbocycles. The van der Waals surface area contributed by atoms with Gasteiger partial charge in [-0.15, -0.1) is 0 Å². The molecule has 0 spiro atoms. The summed E-state index contributed by atoms with van der Waals surface area (Å²) in [6, 6.07) is 8.35. The summed E-state index contributed by atoms with van der Waals surface area (Å²) in [5.74, 6) is 1.43. The molecule has 1 unspecified atom stereocenters. The second-order valence-electron chi connectivity index (χ2n) is 4.81. The molecule has 0 saturated carbocycles. The first kappa shape index (κ1) is 14.8. The summed E-state index contributed by atoms with van der Waals surface area (Å²) in [4.78, 5) is 8.70. The van der Waals surface area contributed by atoms with Crippen LogP contribution in [0.5, 0.6) is 0 Å². The lowest BCUT2D eigenvalue weighted by atomic mass is 10.2. The van der Waals surface area contributed by atoms with E-state index in [0.29, 0.717) is 12.0 Å². The average molecular weight is 335 g/mol. The van der Waals surface area contributed by atoms with Crippen molar-refractivity contribution < 1.29 is 0 Å². The van der Waals surface area contributed by atoms with Crippen LogP contribution in [-0.4, -0.2) is 16.0 Å². The summed E-state index contributed by atoms with van der Waals surface area (Å²) in [6.45, 7) is 6.33. The van der Waals surface area contributed by atoms with Gasteiger partial charge in [0.2, 0.25) is 5.95 Å². The van der Waals surface area contributed by atoms with Crippen molar-refractivity contribution >= 4 is 33.4 Å². The standard InChI is InChI=1S/C15H19BrN4/c1-4-11(3)18-14-7-8-17-15(20-14)19-12-6-5-10(2)13(16)9-12/h5-9,11H,4H2,1-3H3,(H2,17,18,19,20). The Balaban J connectivity index is 2.12. The fourth-order valence-corrected chi connectivity index (χ4v) is 2.03. The minimum atomic E-state index is 0.395. The zero-order valence-electron chi connectivity index (χ0n) is 11.9. The molecular weight excluding hydrogens is 316 g/mol. The molecule has 0 fully saturated rings. The normalized spacial score (nSPS) is 12.0. The molecule has 2 aromatic rings. The van der Waals surface area contributed by atoms with Crippen molar-refractivity contribution in [2.24, 2.45) is 0 Å². The van der Waals surface area contributed by atoms with Crippen LogP contribution in [0.25, 0.3) is 0 Å². The van der Waals surface area contributed by atoms with Gasteiger partial charge in [0.05, 0.1) is 0 Å². The molecule has 20 heavy (non-hydrogen) atoms. The zero-order valence-corrected chi connectivity index (χ0v) is 13.5. The van der Waals surface area contributed by atoms with Crippen molar-refractivity contribution in [2.75, 3.05) is 10.6 Å². The molecule has 0 radical (unpaired) electrons. The maximum absolute atomic E-state index is 4.46. The highest BCUT2D eigenvalue weighted by molar-refractivity contribution is 9.10. The van der Waals surface area contributed by atoms with Crippen molar-refractivity contribution in [3.63, 3.8) is 0 Å². The van der Waals surface area contributed by atoms with Gasteiger partial charge in [0.1, 0.15) is 5.82 Å². The molecule has 5 heteroatoms. The Kier molecular flexibility index (Phi) is 4.95. The molecule has 0 bridgehead atoms. The van der Waals surface area contributed by atoms with Crippen LogP contribution in [0.2, 0.25) is 0 Å². The highest BCUT2D eigenvalue weighted by atomic mass is 79.9. The third-order valence-corrected chi connectivity index (χ3v) is 3.94. The Hall–Kier alpha value is -1.62. The number of nitrogens with one attached hydrogen (secondary N) is 2. The molecule has 2 N–H and O–H groups in total. The highest BCUT2D eigenvalue weighted by Gasteiger charge is 2.04. The SMILES string of the molecule is CCC(C)Nc1ccnc(Nc2ccc(C)c(Br)c2)n1. The molecule has 106 valence electrons. The predicted octanol–water partition coefficient (Wildman–Crippen LogP) is 4.50. The number of anilines is 3. The van der Waals surface area contributed by atoms with Crippen molar-refractivity contribution in [1.29, 1.82) is 0 Å². The van der Waals surface area contributed by atoms with Crippen LogP contribution in [0.3, 0.4) is 0 Å². The number of hydrogen-bond acceptors (Lipinski definition) is 4. The molecule has 0 aliphatic heterocycles. The van der Waals surface area contributed by atoms with Gasteiger partial charge in [-0.3, -0.25) is 0 Å². The summed E-state index contributed by atoms with van der Waals surface area (Å²) in [5.41, 5.74) is 2.16. The molecule has 1 heterocycles. The van der Waals surface area contributed by atoms with Crippen LogP contribution in [0, 0.1) is 6.92 Å². The fourth-order valence-electron chi connectivity index (χ4n) is 1.65. The van der Waals surface area contributed by atoms with E-state index in [1.54, 1.807) is 6.20 Å². The molecule has 4 nitrogen and oxygen atoms in total. The third kappa shape index (κ3) is 3.93. The summed E-state index contributed by atoms with van der Waals surface area (Å²) >= 11 is 3.52. The zero-order chi connectivity index (χ0) is 14.5. The number of rotatable bonds is 5. The van der Waals surface area contributed by atoms with Crippen LogP contribution < -0.4 is 10.6 Å². The smallest absolute Gasteiger partial charge is 0.229 e. The van der Waals surface area contributed by atoms with Crippen molar-refractivity contribution in [1.82, 2.24) is 9.97 Å².